The highest BCUT2D eigenvalue weighted by Gasteiger charge is 2.43. The topological polar surface area (TPSA) is 143 Å². The molecule has 0 aliphatic carbocycles. The number of amides is 4. The molecular weight excluding hydrogens is 747 g/mol. The van der Waals surface area contributed by atoms with Gasteiger partial charge in [-0.1, -0.05) is 36.4 Å². The number of anilines is 2. The SMILES string of the molecule is CC(C)(C)OC1CC(C(=O)Nc2ccc(-c3cnc(-c4ccc(NC(=O)C5CC(OC(C)(C)C)CN5C(=O)c5ccccc5)cc4)o3)cc2)N(C(=O)c2ccccc2)C1. The second-order valence-electron chi connectivity index (χ2n) is 17.0. The average molecular weight is 798 g/mol. The van der Waals surface area contributed by atoms with Gasteiger partial charge in [0, 0.05) is 59.6 Å². The van der Waals surface area contributed by atoms with Crippen LogP contribution >= 0.6 is 0 Å². The van der Waals surface area contributed by atoms with Crippen LogP contribution in [-0.4, -0.2) is 87.0 Å². The monoisotopic (exact) mass is 797 g/mol. The molecule has 2 N–H and O–H groups in total. The van der Waals surface area contributed by atoms with Gasteiger partial charge in [0.1, 0.15) is 12.1 Å². The van der Waals surface area contributed by atoms with Gasteiger partial charge in [-0.05, 0) is 114 Å². The van der Waals surface area contributed by atoms with Gasteiger partial charge in [0.05, 0.1) is 29.6 Å². The van der Waals surface area contributed by atoms with Crippen molar-refractivity contribution in [3.8, 4) is 22.8 Å². The molecule has 306 valence electrons. The maximum absolute atomic E-state index is 13.7. The summed E-state index contributed by atoms with van der Waals surface area (Å²) in [6, 6.07) is 30.9. The fourth-order valence-electron chi connectivity index (χ4n) is 7.61. The van der Waals surface area contributed by atoms with Gasteiger partial charge in [-0.15, -0.1) is 0 Å². The second kappa shape index (κ2) is 17.0. The number of nitrogens with one attached hydrogen (secondary N) is 2. The van der Waals surface area contributed by atoms with E-state index in [1.54, 1.807) is 88.8 Å². The van der Waals surface area contributed by atoms with E-state index in [4.69, 9.17) is 13.9 Å². The number of benzene rings is 4. The van der Waals surface area contributed by atoms with E-state index in [1.165, 1.54) is 0 Å². The number of hydrogen-bond donors (Lipinski definition) is 2. The van der Waals surface area contributed by atoms with Gasteiger partial charge in [-0.3, -0.25) is 19.2 Å². The van der Waals surface area contributed by atoms with E-state index >= 15 is 0 Å². The third-order valence-corrected chi connectivity index (χ3v) is 10.1. The Morgan fingerprint density at radius 3 is 1.41 bits per heavy atom. The van der Waals surface area contributed by atoms with Crippen molar-refractivity contribution in [1.29, 1.82) is 0 Å². The van der Waals surface area contributed by atoms with E-state index in [0.717, 1.165) is 5.56 Å². The molecule has 2 saturated heterocycles. The molecule has 3 heterocycles. The van der Waals surface area contributed by atoms with E-state index in [1.807, 2.05) is 77.9 Å². The van der Waals surface area contributed by atoms with Crippen molar-refractivity contribution in [2.24, 2.45) is 0 Å². The first-order valence-corrected chi connectivity index (χ1v) is 20.0. The van der Waals surface area contributed by atoms with E-state index in [9.17, 15) is 19.2 Å². The Kier molecular flexibility index (Phi) is 11.8. The summed E-state index contributed by atoms with van der Waals surface area (Å²) in [7, 11) is 0. The van der Waals surface area contributed by atoms with Crippen LogP contribution in [0, 0.1) is 0 Å². The lowest BCUT2D eigenvalue weighted by molar-refractivity contribution is -0.120. The molecule has 2 aliphatic rings. The molecule has 4 unspecified atom stereocenters. The molecule has 12 heteroatoms. The second-order valence-corrected chi connectivity index (χ2v) is 17.0. The molecule has 4 atom stereocenters. The molecule has 12 nitrogen and oxygen atoms in total. The van der Waals surface area contributed by atoms with Gasteiger partial charge in [0.2, 0.25) is 17.7 Å². The molecule has 4 amide bonds. The predicted octanol–water partition coefficient (Wildman–Crippen LogP) is 8.08. The van der Waals surface area contributed by atoms with Crippen LogP contribution in [0.1, 0.15) is 75.1 Å². The number of nitrogens with zero attached hydrogens (tertiary/aromatic N) is 3. The van der Waals surface area contributed by atoms with E-state index in [0.29, 0.717) is 65.6 Å². The van der Waals surface area contributed by atoms with Gasteiger partial charge < -0.3 is 34.3 Å². The molecule has 2 fully saturated rings. The Morgan fingerprint density at radius 2 is 1.00 bits per heavy atom. The van der Waals surface area contributed by atoms with Crippen molar-refractivity contribution in [2.75, 3.05) is 23.7 Å². The standard InChI is InChI=1S/C47H51N5O7/c1-46(2,3)58-36-25-38(51(28-36)44(55)32-13-9-7-10-14-32)41(53)49-34-21-17-30(18-22-34)40-27-48-43(57-40)31-19-23-35(24-20-31)50-42(54)39-26-37(59-47(4,5)6)29-52(39)45(56)33-15-11-8-12-16-33/h7-24,27,36-39H,25-26,28-29H2,1-6H3,(H,49,53)(H,50,54). The summed E-state index contributed by atoms with van der Waals surface area (Å²) < 4.78 is 18.5. The smallest absolute Gasteiger partial charge is 0.254 e. The quantitative estimate of drug-likeness (QED) is 0.144. The number of ether oxygens (including phenoxy) is 2. The number of carbonyl (C=O) groups is 4. The van der Waals surface area contributed by atoms with Crippen molar-refractivity contribution in [3.05, 3.63) is 127 Å². The average Bonchev–Trinajstić information content (AvgIpc) is 3.97. The van der Waals surface area contributed by atoms with Crippen LogP contribution in [0.5, 0.6) is 0 Å². The Hall–Kier alpha value is -6.11. The van der Waals surface area contributed by atoms with Gasteiger partial charge in [-0.25, -0.2) is 4.98 Å². The molecule has 5 aromatic rings. The molecule has 0 saturated carbocycles. The van der Waals surface area contributed by atoms with E-state index in [2.05, 4.69) is 15.6 Å². The molecule has 59 heavy (non-hydrogen) atoms. The van der Waals surface area contributed by atoms with Crippen LogP contribution in [0.2, 0.25) is 0 Å². The summed E-state index contributed by atoms with van der Waals surface area (Å²) in [5.41, 5.74) is 2.79. The van der Waals surface area contributed by atoms with Gasteiger partial charge in [0.15, 0.2) is 5.76 Å². The third-order valence-electron chi connectivity index (χ3n) is 10.1. The number of aromatic nitrogens is 1. The Balaban J connectivity index is 0.982. The number of rotatable bonds is 10. The first kappa shape index (κ1) is 41.1. The largest absolute Gasteiger partial charge is 0.436 e. The van der Waals surface area contributed by atoms with Crippen LogP contribution in [-0.2, 0) is 19.1 Å². The summed E-state index contributed by atoms with van der Waals surface area (Å²) in [6.45, 7) is 12.4. The zero-order chi connectivity index (χ0) is 41.9. The van der Waals surface area contributed by atoms with Crippen molar-refractivity contribution in [3.63, 3.8) is 0 Å². The first-order chi connectivity index (χ1) is 28.1. The van der Waals surface area contributed by atoms with Crippen LogP contribution in [0.3, 0.4) is 0 Å². The fraction of sp³-hybridized carbons (Fsp3) is 0.340. The fourth-order valence-corrected chi connectivity index (χ4v) is 7.61. The molecule has 0 bridgehead atoms. The molecule has 0 radical (unpaired) electrons. The minimum atomic E-state index is -0.703. The van der Waals surface area contributed by atoms with Crippen molar-refractivity contribution >= 4 is 35.0 Å². The third kappa shape index (κ3) is 10.1. The number of oxazole rings is 1. The maximum Gasteiger partial charge on any atom is 0.254 e. The van der Waals surface area contributed by atoms with Crippen molar-refractivity contribution in [2.45, 2.75) is 89.9 Å². The number of likely N-dealkylation sites (tertiary alicyclic amines) is 2. The molecule has 1 aromatic heterocycles. The highest BCUT2D eigenvalue weighted by Crippen LogP contribution is 2.31. The number of hydrogen-bond acceptors (Lipinski definition) is 8. The lowest BCUT2D eigenvalue weighted by Gasteiger charge is -2.25. The summed E-state index contributed by atoms with van der Waals surface area (Å²) in [5, 5.41) is 5.97. The lowest BCUT2D eigenvalue weighted by Crippen LogP contribution is -2.43. The molecule has 7 rings (SSSR count). The zero-order valence-corrected chi connectivity index (χ0v) is 34.3. The van der Waals surface area contributed by atoms with Gasteiger partial charge >= 0.3 is 0 Å². The minimum Gasteiger partial charge on any atom is -0.436 e. The summed E-state index contributed by atoms with van der Waals surface area (Å²) in [5.74, 6) is -0.0834. The molecule has 0 spiro atoms. The zero-order valence-electron chi connectivity index (χ0n) is 34.3. The van der Waals surface area contributed by atoms with Crippen LogP contribution < -0.4 is 10.6 Å². The summed E-state index contributed by atoms with van der Waals surface area (Å²) >= 11 is 0. The summed E-state index contributed by atoms with van der Waals surface area (Å²) in [6.07, 6.45) is 1.84. The highest BCUT2D eigenvalue weighted by molar-refractivity contribution is 6.02. The number of carbonyl (C=O) groups excluding carboxylic acids is 4. The van der Waals surface area contributed by atoms with Crippen LogP contribution in [0.15, 0.2) is 120 Å². The van der Waals surface area contributed by atoms with Crippen molar-refractivity contribution in [1.82, 2.24) is 14.8 Å². The van der Waals surface area contributed by atoms with E-state index < -0.39 is 23.3 Å². The van der Waals surface area contributed by atoms with E-state index in [-0.39, 0.29) is 35.8 Å². The van der Waals surface area contributed by atoms with Gasteiger partial charge in [-0.2, -0.15) is 0 Å². The minimum absolute atomic E-state index is 0.213. The van der Waals surface area contributed by atoms with Crippen molar-refractivity contribution < 1.29 is 33.1 Å². The highest BCUT2D eigenvalue weighted by atomic mass is 16.5. The normalized spacial score (nSPS) is 19.4. The molecular formula is C47H51N5O7. The van der Waals surface area contributed by atoms with Crippen LogP contribution in [0.4, 0.5) is 11.4 Å². The van der Waals surface area contributed by atoms with Crippen LogP contribution in [0.25, 0.3) is 22.8 Å². The Morgan fingerprint density at radius 1 is 0.593 bits per heavy atom. The Bertz CT molecular complexity index is 2100. The lowest BCUT2D eigenvalue weighted by atomic mass is 10.1. The predicted molar refractivity (Wildman–Crippen MR) is 226 cm³/mol. The summed E-state index contributed by atoms with van der Waals surface area (Å²) in [4.78, 5) is 62.0. The molecule has 4 aromatic carbocycles. The Labute approximate surface area is 344 Å². The first-order valence-electron chi connectivity index (χ1n) is 20.0. The molecule has 2 aliphatic heterocycles. The maximum atomic E-state index is 13.7. The van der Waals surface area contributed by atoms with Gasteiger partial charge in [0.25, 0.3) is 11.8 Å².